The summed E-state index contributed by atoms with van der Waals surface area (Å²) in [4.78, 5) is 33.1. The average molecular weight is 473 g/mol. The third kappa shape index (κ3) is 5.44. The third-order valence-corrected chi connectivity index (χ3v) is 6.18. The van der Waals surface area contributed by atoms with Crippen LogP contribution >= 0.6 is 0 Å². The minimum Gasteiger partial charge on any atom is -0.369 e. The van der Waals surface area contributed by atoms with Crippen LogP contribution in [-0.4, -0.2) is 21.9 Å². The van der Waals surface area contributed by atoms with Gasteiger partial charge < -0.3 is 16.4 Å². The normalized spacial score (nSPS) is 14.5. The number of hydrogen-bond acceptors (Lipinski definition) is 5. The highest BCUT2D eigenvalue weighted by Gasteiger charge is 2.37. The van der Waals surface area contributed by atoms with Gasteiger partial charge in [0.05, 0.1) is 23.3 Å². The van der Waals surface area contributed by atoms with E-state index in [0.29, 0.717) is 40.9 Å². The van der Waals surface area contributed by atoms with Crippen molar-refractivity contribution in [3.63, 3.8) is 0 Å². The molecule has 9 heteroatoms. The van der Waals surface area contributed by atoms with Gasteiger partial charge in [0.2, 0.25) is 11.7 Å². The number of anilines is 1. The summed E-state index contributed by atoms with van der Waals surface area (Å²) in [6, 6.07) is 14.4. The summed E-state index contributed by atoms with van der Waals surface area (Å²) in [5, 5.41) is 15.1. The lowest BCUT2D eigenvalue weighted by Crippen LogP contribution is -2.49. The van der Waals surface area contributed by atoms with Crippen LogP contribution in [0.3, 0.4) is 0 Å². The maximum atomic E-state index is 14.6. The quantitative estimate of drug-likeness (QED) is 0.495. The molecule has 0 radical (unpaired) electrons. The number of aromatic nitrogens is 2. The first-order valence-electron chi connectivity index (χ1n) is 11.4. The number of benzene rings is 2. The zero-order valence-corrected chi connectivity index (χ0v) is 19.1. The van der Waals surface area contributed by atoms with Gasteiger partial charge in [0.25, 0.3) is 0 Å². The molecule has 0 unspecified atom stereocenters. The molecule has 1 aliphatic carbocycles. The van der Waals surface area contributed by atoms with E-state index in [1.165, 1.54) is 12.3 Å². The molecule has 4 N–H and O–H groups in total. The topological polar surface area (TPSA) is 134 Å². The zero-order chi connectivity index (χ0) is 24.8. The Hall–Kier alpha value is -4.32. The summed E-state index contributed by atoms with van der Waals surface area (Å²) >= 11 is 0. The fraction of sp³-hybridized carbons (Fsp3) is 0.269. The van der Waals surface area contributed by atoms with E-state index >= 15 is 0 Å². The maximum absolute atomic E-state index is 14.6. The second kappa shape index (κ2) is 10.3. The molecule has 3 amide bonds. The summed E-state index contributed by atoms with van der Waals surface area (Å²) < 4.78 is 14.6. The number of nitrogens with zero attached hydrogens (tertiary/aromatic N) is 3. The van der Waals surface area contributed by atoms with Gasteiger partial charge in [-0.1, -0.05) is 49.6 Å². The first-order chi connectivity index (χ1) is 16.9. The summed E-state index contributed by atoms with van der Waals surface area (Å²) in [7, 11) is 0. The molecular formula is C26H25FN6O2. The molecule has 0 aliphatic heterocycles. The van der Waals surface area contributed by atoms with Gasteiger partial charge in [0.1, 0.15) is 11.9 Å². The number of rotatable bonds is 6. The monoisotopic (exact) mass is 472 g/mol. The number of nitrogens with two attached hydrogens (primary N) is 1. The predicted molar refractivity (Wildman–Crippen MR) is 128 cm³/mol. The third-order valence-electron chi connectivity index (χ3n) is 6.18. The number of primary amides is 1. The van der Waals surface area contributed by atoms with Gasteiger partial charge >= 0.3 is 6.03 Å². The molecule has 1 heterocycles. The highest BCUT2D eigenvalue weighted by Crippen LogP contribution is 2.37. The number of hydrogen-bond donors (Lipinski definition) is 3. The molecule has 1 aromatic heterocycles. The molecule has 3 aromatic rings. The van der Waals surface area contributed by atoms with Crippen LogP contribution in [0.1, 0.15) is 49.2 Å². The highest BCUT2D eigenvalue weighted by molar-refractivity contribution is 5.95. The van der Waals surface area contributed by atoms with Gasteiger partial charge in [-0.05, 0) is 36.6 Å². The van der Waals surface area contributed by atoms with Crippen molar-refractivity contribution in [2.75, 3.05) is 5.32 Å². The Morgan fingerprint density at radius 2 is 1.86 bits per heavy atom. The zero-order valence-electron chi connectivity index (χ0n) is 19.1. The summed E-state index contributed by atoms with van der Waals surface area (Å²) in [6.07, 6.45) is 5.62. The van der Waals surface area contributed by atoms with E-state index < -0.39 is 23.3 Å². The number of amides is 3. The Kier molecular flexibility index (Phi) is 7.01. The van der Waals surface area contributed by atoms with E-state index in [-0.39, 0.29) is 12.2 Å². The molecule has 4 rings (SSSR count). The molecule has 2 aromatic carbocycles. The minimum atomic E-state index is -0.764. The van der Waals surface area contributed by atoms with E-state index in [1.54, 1.807) is 42.5 Å². The van der Waals surface area contributed by atoms with Crippen LogP contribution < -0.4 is 16.4 Å². The number of halogens is 1. The molecule has 0 saturated heterocycles. The maximum Gasteiger partial charge on any atom is 0.320 e. The van der Waals surface area contributed by atoms with Crippen LogP contribution in [0.15, 0.2) is 54.7 Å². The van der Waals surface area contributed by atoms with Crippen molar-refractivity contribution >= 4 is 17.6 Å². The van der Waals surface area contributed by atoms with E-state index in [1.807, 2.05) is 6.07 Å². The smallest absolute Gasteiger partial charge is 0.320 e. The lowest BCUT2D eigenvalue weighted by molar-refractivity contribution is -0.117. The van der Waals surface area contributed by atoms with E-state index in [0.717, 1.165) is 19.3 Å². The first-order valence-corrected chi connectivity index (χ1v) is 11.4. The molecule has 1 fully saturated rings. The van der Waals surface area contributed by atoms with Crippen molar-refractivity contribution in [3.05, 3.63) is 77.6 Å². The predicted octanol–water partition coefficient (Wildman–Crippen LogP) is 4.16. The molecule has 0 bridgehead atoms. The first kappa shape index (κ1) is 23.8. The second-order valence-electron chi connectivity index (χ2n) is 8.60. The number of carbonyl (C=O) groups excluding carboxylic acids is 2. The molecule has 1 saturated carbocycles. The summed E-state index contributed by atoms with van der Waals surface area (Å²) in [5.41, 5.74) is 6.88. The van der Waals surface area contributed by atoms with Crippen LogP contribution in [0.5, 0.6) is 0 Å². The van der Waals surface area contributed by atoms with Crippen molar-refractivity contribution in [1.82, 2.24) is 15.3 Å². The summed E-state index contributed by atoms with van der Waals surface area (Å²) in [6.45, 7) is 0. The van der Waals surface area contributed by atoms with Gasteiger partial charge in [-0.3, -0.25) is 4.79 Å². The Labute approximate surface area is 202 Å². The highest BCUT2D eigenvalue weighted by atomic mass is 19.1. The van der Waals surface area contributed by atoms with Crippen LogP contribution in [-0.2, 0) is 16.8 Å². The number of urea groups is 1. The molecule has 0 atom stereocenters. The van der Waals surface area contributed by atoms with Gasteiger partial charge in [-0.15, -0.1) is 0 Å². The number of carbonyl (C=O) groups is 2. The van der Waals surface area contributed by atoms with E-state index in [9.17, 15) is 19.2 Å². The van der Waals surface area contributed by atoms with E-state index in [4.69, 9.17) is 5.73 Å². The molecule has 35 heavy (non-hydrogen) atoms. The fourth-order valence-electron chi connectivity index (χ4n) is 4.57. The van der Waals surface area contributed by atoms with Gasteiger partial charge in [-0.2, -0.15) is 5.26 Å². The number of nitriles is 1. The molecule has 178 valence electrons. The Bertz CT molecular complexity index is 1300. The van der Waals surface area contributed by atoms with Crippen LogP contribution in [0.2, 0.25) is 0 Å². The van der Waals surface area contributed by atoms with Crippen LogP contribution in [0.25, 0.3) is 11.1 Å². The van der Waals surface area contributed by atoms with Crippen LogP contribution in [0, 0.1) is 17.1 Å². The van der Waals surface area contributed by atoms with Crippen LogP contribution in [0.4, 0.5) is 14.9 Å². The Morgan fingerprint density at radius 3 is 2.57 bits per heavy atom. The lowest BCUT2D eigenvalue weighted by atomic mass is 9.79. The SMILES string of the molecule is N#Cc1nccc(C2(NC(=O)Nc3cc(CC(N)=O)ccc3-c3ccccc3F)CCCCC2)n1. The molecule has 8 nitrogen and oxygen atoms in total. The van der Waals surface area contributed by atoms with E-state index in [2.05, 4.69) is 20.6 Å². The average Bonchev–Trinajstić information content (AvgIpc) is 2.85. The van der Waals surface area contributed by atoms with Crippen molar-refractivity contribution in [2.24, 2.45) is 5.73 Å². The Morgan fingerprint density at radius 1 is 1.09 bits per heavy atom. The van der Waals surface area contributed by atoms with Crippen molar-refractivity contribution < 1.29 is 14.0 Å². The minimum absolute atomic E-state index is 0.0182. The second-order valence-corrected chi connectivity index (χ2v) is 8.60. The summed E-state index contributed by atoms with van der Waals surface area (Å²) in [5.74, 6) is -0.916. The van der Waals surface area contributed by atoms with Gasteiger partial charge in [0.15, 0.2) is 0 Å². The van der Waals surface area contributed by atoms with Crippen molar-refractivity contribution in [2.45, 2.75) is 44.1 Å². The fourth-order valence-corrected chi connectivity index (χ4v) is 4.57. The van der Waals surface area contributed by atoms with Gasteiger partial charge in [-0.25, -0.2) is 19.2 Å². The Balaban J connectivity index is 1.67. The molecule has 1 aliphatic rings. The molecular weight excluding hydrogens is 447 g/mol. The lowest BCUT2D eigenvalue weighted by Gasteiger charge is -2.37. The molecule has 0 spiro atoms. The van der Waals surface area contributed by atoms with Crippen molar-refractivity contribution in [1.29, 1.82) is 5.26 Å². The largest absolute Gasteiger partial charge is 0.369 e. The van der Waals surface area contributed by atoms with Gasteiger partial charge in [0, 0.05) is 17.3 Å². The number of nitrogens with one attached hydrogen (secondary N) is 2. The van der Waals surface area contributed by atoms with Crippen molar-refractivity contribution in [3.8, 4) is 17.2 Å². The standard InChI is InChI=1S/C26H25FN6O2/c27-20-7-3-2-6-18(20)19-9-8-17(15-23(29)34)14-21(19)31-25(35)33-26(11-4-1-5-12-26)22-10-13-30-24(16-28)32-22/h2-3,6-10,13-14H,1,4-5,11-12,15H2,(H2,29,34)(H2,31,33,35).